The van der Waals surface area contributed by atoms with E-state index in [1.165, 1.54) is 0 Å². The van der Waals surface area contributed by atoms with Crippen LogP contribution in [0.15, 0.2) is 24.3 Å². The fraction of sp³-hybridized carbons (Fsp3) is 0.429. The lowest BCUT2D eigenvalue weighted by Crippen LogP contribution is -2.40. The number of nitriles is 1. The summed E-state index contributed by atoms with van der Waals surface area (Å²) in [6, 6.07) is 8.86. The number of nitrogens with one attached hydrogen (secondary N) is 2. The van der Waals surface area contributed by atoms with E-state index in [9.17, 15) is 4.79 Å². The molecule has 1 atom stereocenters. The molecule has 106 valence electrons. The van der Waals surface area contributed by atoms with Crippen molar-refractivity contribution in [1.82, 2.24) is 5.32 Å². The first-order valence-electron chi connectivity index (χ1n) is 6.50. The maximum Gasteiger partial charge on any atom is 0.227 e. The van der Waals surface area contributed by atoms with E-state index in [0.29, 0.717) is 31.0 Å². The minimum absolute atomic E-state index is 0.0149. The molecule has 0 bridgehead atoms. The Morgan fingerprint density at radius 1 is 1.60 bits per heavy atom. The van der Waals surface area contributed by atoms with Crippen LogP contribution in [0.5, 0.6) is 5.75 Å². The summed E-state index contributed by atoms with van der Waals surface area (Å²) in [5, 5.41) is 14.4. The Balaban J connectivity index is 1.85. The lowest BCUT2D eigenvalue weighted by atomic mass is 10.2. The molecule has 0 saturated carbocycles. The van der Waals surface area contributed by atoms with E-state index in [1.54, 1.807) is 24.3 Å². The zero-order valence-electron chi connectivity index (χ0n) is 11.1. The SMILES string of the molecule is N#CCOc1cccc(NC(=O)CC2CNCCO2)c1. The highest BCUT2D eigenvalue weighted by Crippen LogP contribution is 2.17. The maximum atomic E-state index is 11.9. The van der Waals surface area contributed by atoms with Crippen molar-refractivity contribution in [2.75, 3.05) is 31.6 Å². The topological polar surface area (TPSA) is 83.4 Å². The first-order valence-corrected chi connectivity index (χ1v) is 6.50. The normalized spacial score (nSPS) is 18.1. The maximum absolute atomic E-state index is 11.9. The van der Waals surface area contributed by atoms with Gasteiger partial charge in [-0.05, 0) is 12.1 Å². The molecule has 1 heterocycles. The molecule has 1 aromatic rings. The summed E-state index contributed by atoms with van der Waals surface area (Å²) in [4.78, 5) is 11.9. The molecule has 6 heteroatoms. The predicted molar refractivity (Wildman–Crippen MR) is 73.4 cm³/mol. The van der Waals surface area contributed by atoms with Crippen molar-refractivity contribution >= 4 is 11.6 Å². The zero-order valence-corrected chi connectivity index (χ0v) is 11.1. The van der Waals surface area contributed by atoms with Crippen molar-refractivity contribution in [1.29, 1.82) is 5.26 Å². The number of ether oxygens (including phenoxy) is 2. The van der Waals surface area contributed by atoms with Gasteiger partial charge >= 0.3 is 0 Å². The molecule has 0 spiro atoms. The van der Waals surface area contributed by atoms with Crippen molar-refractivity contribution in [3.8, 4) is 11.8 Å². The van der Waals surface area contributed by atoms with Crippen molar-refractivity contribution in [3.63, 3.8) is 0 Å². The molecule has 6 nitrogen and oxygen atoms in total. The zero-order chi connectivity index (χ0) is 14.2. The Morgan fingerprint density at radius 3 is 3.25 bits per heavy atom. The molecule has 0 radical (unpaired) electrons. The molecule has 1 saturated heterocycles. The molecule has 1 aliphatic rings. The van der Waals surface area contributed by atoms with E-state index in [4.69, 9.17) is 14.7 Å². The smallest absolute Gasteiger partial charge is 0.227 e. The molecule has 1 aliphatic heterocycles. The summed E-state index contributed by atoms with van der Waals surface area (Å²) in [6.45, 7) is 2.14. The molecular weight excluding hydrogens is 258 g/mol. The highest BCUT2D eigenvalue weighted by atomic mass is 16.5. The van der Waals surface area contributed by atoms with E-state index in [1.807, 2.05) is 6.07 Å². The van der Waals surface area contributed by atoms with Crippen molar-refractivity contribution in [3.05, 3.63) is 24.3 Å². The van der Waals surface area contributed by atoms with Crippen LogP contribution in [0.25, 0.3) is 0 Å². The lowest BCUT2D eigenvalue weighted by molar-refractivity contribution is -0.119. The number of carbonyl (C=O) groups excluding carboxylic acids is 1. The molecule has 0 aliphatic carbocycles. The second-order valence-corrected chi connectivity index (χ2v) is 4.42. The number of morpholine rings is 1. The Morgan fingerprint density at radius 2 is 2.50 bits per heavy atom. The van der Waals surface area contributed by atoms with Gasteiger partial charge in [0.1, 0.15) is 11.8 Å². The van der Waals surface area contributed by atoms with Gasteiger partial charge in [0.2, 0.25) is 5.91 Å². The van der Waals surface area contributed by atoms with Crippen LogP contribution in [0.4, 0.5) is 5.69 Å². The number of amides is 1. The standard InChI is InChI=1S/C14H17N3O3/c15-4-6-19-12-3-1-2-11(8-12)17-14(18)9-13-10-16-5-7-20-13/h1-3,8,13,16H,5-7,9-10H2,(H,17,18). The quantitative estimate of drug-likeness (QED) is 0.834. The van der Waals surface area contributed by atoms with Gasteiger partial charge in [-0.3, -0.25) is 4.79 Å². The van der Waals surface area contributed by atoms with E-state index in [-0.39, 0.29) is 18.6 Å². The summed E-state index contributed by atoms with van der Waals surface area (Å²) in [7, 11) is 0. The first kappa shape index (κ1) is 14.3. The van der Waals surface area contributed by atoms with Crippen molar-refractivity contribution in [2.45, 2.75) is 12.5 Å². The Hall–Kier alpha value is -2.10. The number of hydrogen-bond acceptors (Lipinski definition) is 5. The number of nitrogens with zero attached hydrogens (tertiary/aromatic N) is 1. The van der Waals surface area contributed by atoms with Crippen molar-refractivity contribution < 1.29 is 14.3 Å². The number of rotatable bonds is 5. The molecular formula is C14H17N3O3. The molecule has 1 unspecified atom stereocenters. The van der Waals surface area contributed by atoms with Crippen LogP contribution >= 0.6 is 0 Å². The third kappa shape index (κ3) is 4.53. The fourth-order valence-electron chi connectivity index (χ4n) is 1.95. The third-order valence-electron chi connectivity index (χ3n) is 2.84. The van der Waals surface area contributed by atoms with E-state index in [0.717, 1.165) is 6.54 Å². The first-order chi connectivity index (χ1) is 9.78. The van der Waals surface area contributed by atoms with Crippen LogP contribution in [0, 0.1) is 11.3 Å². The van der Waals surface area contributed by atoms with Crippen LogP contribution in [-0.4, -0.2) is 38.3 Å². The van der Waals surface area contributed by atoms with Gasteiger partial charge in [-0.15, -0.1) is 0 Å². The second kappa shape index (κ2) is 7.48. The Kier molecular flexibility index (Phi) is 5.35. The number of benzene rings is 1. The van der Waals surface area contributed by atoms with Gasteiger partial charge < -0.3 is 20.1 Å². The highest BCUT2D eigenvalue weighted by Gasteiger charge is 2.17. The summed E-state index contributed by atoms with van der Waals surface area (Å²) in [6.07, 6.45) is 0.234. The van der Waals surface area contributed by atoms with Gasteiger partial charge in [-0.2, -0.15) is 5.26 Å². The van der Waals surface area contributed by atoms with E-state index < -0.39 is 0 Å². The minimum Gasteiger partial charge on any atom is -0.479 e. The van der Waals surface area contributed by atoms with Gasteiger partial charge in [-0.1, -0.05) is 6.07 Å². The van der Waals surface area contributed by atoms with E-state index in [2.05, 4.69) is 10.6 Å². The van der Waals surface area contributed by atoms with Crippen LogP contribution in [0.3, 0.4) is 0 Å². The van der Waals surface area contributed by atoms with Crippen molar-refractivity contribution in [2.24, 2.45) is 0 Å². The highest BCUT2D eigenvalue weighted by molar-refractivity contribution is 5.91. The van der Waals surface area contributed by atoms with Gasteiger partial charge in [0.15, 0.2) is 6.61 Å². The molecule has 1 amide bonds. The van der Waals surface area contributed by atoms with Crippen LogP contribution in [0.2, 0.25) is 0 Å². The summed E-state index contributed by atoms with van der Waals surface area (Å²) < 4.78 is 10.7. The van der Waals surface area contributed by atoms with Gasteiger partial charge in [0.25, 0.3) is 0 Å². The van der Waals surface area contributed by atoms with Crippen LogP contribution < -0.4 is 15.4 Å². The largest absolute Gasteiger partial charge is 0.479 e. The fourth-order valence-corrected chi connectivity index (χ4v) is 1.95. The Labute approximate surface area is 117 Å². The monoisotopic (exact) mass is 275 g/mol. The van der Waals surface area contributed by atoms with Gasteiger partial charge in [0.05, 0.1) is 19.1 Å². The number of carbonyl (C=O) groups is 1. The number of anilines is 1. The van der Waals surface area contributed by atoms with Gasteiger partial charge in [0, 0.05) is 24.8 Å². The molecule has 0 aromatic heterocycles. The molecule has 2 rings (SSSR count). The second-order valence-electron chi connectivity index (χ2n) is 4.42. The summed E-state index contributed by atoms with van der Waals surface area (Å²) in [5.41, 5.74) is 0.647. The third-order valence-corrected chi connectivity index (χ3v) is 2.84. The predicted octanol–water partition coefficient (Wildman–Crippen LogP) is 0.906. The molecule has 20 heavy (non-hydrogen) atoms. The number of hydrogen-bond donors (Lipinski definition) is 2. The Bertz CT molecular complexity index is 493. The van der Waals surface area contributed by atoms with E-state index >= 15 is 0 Å². The summed E-state index contributed by atoms with van der Waals surface area (Å²) >= 11 is 0. The summed E-state index contributed by atoms with van der Waals surface area (Å²) in [5.74, 6) is 0.455. The van der Waals surface area contributed by atoms with Crippen LogP contribution in [0.1, 0.15) is 6.42 Å². The molecule has 2 N–H and O–H groups in total. The lowest BCUT2D eigenvalue weighted by Gasteiger charge is -2.23. The molecule has 1 aromatic carbocycles. The van der Waals surface area contributed by atoms with Crippen LogP contribution in [-0.2, 0) is 9.53 Å². The average Bonchev–Trinajstić information content (AvgIpc) is 2.46. The van der Waals surface area contributed by atoms with Gasteiger partial charge in [-0.25, -0.2) is 0 Å². The average molecular weight is 275 g/mol. The minimum atomic E-state index is -0.101. The molecule has 1 fully saturated rings.